The van der Waals surface area contributed by atoms with Crippen LogP contribution in [0.1, 0.15) is 34.1 Å². The number of alkyl halides is 2. The van der Waals surface area contributed by atoms with E-state index in [4.69, 9.17) is 0 Å². The van der Waals surface area contributed by atoms with Crippen LogP contribution in [0.2, 0.25) is 0 Å². The Balaban J connectivity index is 3.44. The second kappa shape index (κ2) is 3.48. The number of rotatable bonds is 3. The van der Waals surface area contributed by atoms with Gasteiger partial charge >= 0.3 is 0 Å². The fraction of sp³-hybridized carbons (Fsp3) is 1.00. The molecule has 0 saturated carbocycles. The highest BCUT2D eigenvalue weighted by Crippen LogP contribution is 2.15. The van der Waals surface area contributed by atoms with Crippen LogP contribution in [0.4, 0.5) is 8.78 Å². The van der Waals surface area contributed by atoms with Crippen molar-refractivity contribution in [2.75, 3.05) is 6.54 Å². The first-order valence-electron chi connectivity index (χ1n) is 3.84. The van der Waals surface area contributed by atoms with E-state index < -0.39 is 5.92 Å². The molecule has 0 amide bonds. The van der Waals surface area contributed by atoms with Gasteiger partial charge in [0.25, 0.3) is 0 Å². The number of halogens is 2. The molecular formula is C8H17F2N. The van der Waals surface area contributed by atoms with Crippen molar-refractivity contribution in [3.05, 3.63) is 0 Å². The first-order chi connectivity index (χ1) is 4.71. The molecular weight excluding hydrogens is 148 g/mol. The summed E-state index contributed by atoms with van der Waals surface area (Å²) < 4.78 is 24.5. The summed E-state index contributed by atoms with van der Waals surface area (Å²) in [5.74, 6) is -2.54. The van der Waals surface area contributed by atoms with E-state index in [0.717, 1.165) is 6.92 Å². The van der Waals surface area contributed by atoms with Crippen LogP contribution < -0.4 is 5.32 Å². The predicted octanol–water partition coefficient (Wildman–Crippen LogP) is 2.42. The summed E-state index contributed by atoms with van der Waals surface area (Å²) in [5.41, 5.74) is -0.0642. The highest BCUT2D eigenvalue weighted by molar-refractivity contribution is 4.71. The zero-order valence-electron chi connectivity index (χ0n) is 7.67. The van der Waals surface area contributed by atoms with E-state index in [-0.39, 0.29) is 12.0 Å². The summed E-state index contributed by atoms with van der Waals surface area (Å²) in [7, 11) is 0. The van der Waals surface area contributed by atoms with Gasteiger partial charge < -0.3 is 5.32 Å². The molecule has 0 atom stereocenters. The van der Waals surface area contributed by atoms with Crippen LogP contribution in [0.5, 0.6) is 0 Å². The third kappa shape index (κ3) is 9.82. The van der Waals surface area contributed by atoms with E-state index in [9.17, 15) is 8.78 Å². The van der Waals surface area contributed by atoms with Gasteiger partial charge in [-0.25, -0.2) is 8.78 Å². The van der Waals surface area contributed by atoms with Crippen LogP contribution in [0.15, 0.2) is 0 Å². The van der Waals surface area contributed by atoms with Crippen LogP contribution in [0.3, 0.4) is 0 Å². The zero-order chi connectivity index (χ0) is 9.12. The molecule has 0 aromatic heterocycles. The van der Waals surface area contributed by atoms with Gasteiger partial charge in [-0.1, -0.05) is 0 Å². The lowest BCUT2D eigenvalue weighted by atomic mass is 10.1. The number of hydrogen-bond acceptors (Lipinski definition) is 1. The van der Waals surface area contributed by atoms with Gasteiger partial charge in [0.05, 0.1) is 0 Å². The fourth-order valence-electron chi connectivity index (χ4n) is 0.657. The molecule has 1 nitrogen and oxygen atoms in total. The molecule has 0 aromatic rings. The Morgan fingerprint density at radius 1 is 1.09 bits per heavy atom. The number of hydrogen-bond donors (Lipinski definition) is 1. The Bertz CT molecular complexity index is 96.2. The maximum Gasteiger partial charge on any atom is 0.246 e. The molecule has 0 aromatic carbocycles. The van der Waals surface area contributed by atoms with E-state index in [1.807, 2.05) is 20.8 Å². The molecule has 3 heteroatoms. The highest BCUT2D eigenvalue weighted by Gasteiger charge is 2.21. The van der Waals surface area contributed by atoms with Crippen molar-refractivity contribution in [1.82, 2.24) is 5.32 Å². The van der Waals surface area contributed by atoms with E-state index in [2.05, 4.69) is 5.32 Å². The van der Waals surface area contributed by atoms with Crippen LogP contribution in [-0.2, 0) is 0 Å². The maximum absolute atomic E-state index is 12.3. The molecule has 68 valence electrons. The lowest BCUT2D eigenvalue weighted by Crippen LogP contribution is -2.38. The van der Waals surface area contributed by atoms with E-state index in [1.165, 1.54) is 0 Å². The molecule has 0 aliphatic rings. The molecule has 1 N–H and O–H groups in total. The van der Waals surface area contributed by atoms with Gasteiger partial charge in [0, 0.05) is 18.5 Å². The Hall–Kier alpha value is -0.180. The summed E-state index contributed by atoms with van der Waals surface area (Å²) in [5, 5.41) is 3.00. The second-order valence-corrected chi connectivity index (χ2v) is 4.00. The molecule has 0 spiro atoms. The minimum absolute atomic E-state index is 0.0642. The average molecular weight is 165 g/mol. The van der Waals surface area contributed by atoms with E-state index in [0.29, 0.717) is 6.54 Å². The minimum Gasteiger partial charge on any atom is -0.312 e. The van der Waals surface area contributed by atoms with Crippen LogP contribution in [0.25, 0.3) is 0 Å². The second-order valence-electron chi connectivity index (χ2n) is 4.00. The smallest absolute Gasteiger partial charge is 0.246 e. The molecule has 0 rings (SSSR count). The van der Waals surface area contributed by atoms with Crippen molar-refractivity contribution in [2.45, 2.75) is 45.6 Å². The highest BCUT2D eigenvalue weighted by atomic mass is 19.3. The van der Waals surface area contributed by atoms with Gasteiger partial charge in [-0.3, -0.25) is 0 Å². The third-order valence-corrected chi connectivity index (χ3v) is 1.22. The summed E-state index contributed by atoms with van der Waals surface area (Å²) >= 11 is 0. The van der Waals surface area contributed by atoms with Crippen molar-refractivity contribution >= 4 is 0 Å². The quantitative estimate of drug-likeness (QED) is 0.677. The standard InChI is InChI=1S/C8H17F2N/c1-7(2,3)11-6-5-8(4,9)10/h11H,5-6H2,1-4H3. The van der Waals surface area contributed by atoms with E-state index >= 15 is 0 Å². The van der Waals surface area contributed by atoms with Crippen LogP contribution in [0, 0.1) is 0 Å². The van der Waals surface area contributed by atoms with Crippen LogP contribution in [-0.4, -0.2) is 18.0 Å². The lowest BCUT2D eigenvalue weighted by Gasteiger charge is -2.21. The average Bonchev–Trinajstić information content (AvgIpc) is 1.55. The molecule has 0 bridgehead atoms. The van der Waals surface area contributed by atoms with Gasteiger partial charge in [-0.15, -0.1) is 0 Å². The molecule has 0 radical (unpaired) electrons. The Labute approximate surface area is 67.2 Å². The molecule has 0 unspecified atom stereocenters. The fourth-order valence-corrected chi connectivity index (χ4v) is 0.657. The first-order valence-corrected chi connectivity index (χ1v) is 3.84. The number of nitrogens with one attached hydrogen (secondary N) is 1. The topological polar surface area (TPSA) is 12.0 Å². The Morgan fingerprint density at radius 2 is 1.55 bits per heavy atom. The third-order valence-electron chi connectivity index (χ3n) is 1.22. The lowest BCUT2D eigenvalue weighted by molar-refractivity contribution is 0.0121. The predicted molar refractivity (Wildman–Crippen MR) is 43.0 cm³/mol. The summed E-state index contributed by atoms with van der Waals surface area (Å²) in [6.07, 6.45) is -0.0930. The monoisotopic (exact) mass is 165 g/mol. The molecule has 0 heterocycles. The van der Waals surface area contributed by atoms with Gasteiger partial charge in [0.15, 0.2) is 0 Å². The molecule has 0 fully saturated rings. The van der Waals surface area contributed by atoms with Crippen molar-refractivity contribution < 1.29 is 8.78 Å². The first kappa shape index (κ1) is 10.8. The largest absolute Gasteiger partial charge is 0.312 e. The Kier molecular flexibility index (Phi) is 3.42. The maximum atomic E-state index is 12.3. The van der Waals surface area contributed by atoms with Crippen molar-refractivity contribution in [2.24, 2.45) is 0 Å². The van der Waals surface area contributed by atoms with Gasteiger partial charge in [0.2, 0.25) is 5.92 Å². The minimum atomic E-state index is -2.54. The van der Waals surface area contributed by atoms with Crippen molar-refractivity contribution in [3.63, 3.8) is 0 Å². The zero-order valence-corrected chi connectivity index (χ0v) is 7.67. The van der Waals surface area contributed by atoms with Crippen molar-refractivity contribution in [1.29, 1.82) is 0 Å². The molecule has 11 heavy (non-hydrogen) atoms. The summed E-state index contributed by atoms with van der Waals surface area (Å²) in [6.45, 7) is 7.19. The van der Waals surface area contributed by atoms with Gasteiger partial charge in [-0.05, 0) is 27.7 Å². The molecule has 0 aliphatic carbocycles. The van der Waals surface area contributed by atoms with E-state index in [1.54, 1.807) is 0 Å². The summed E-state index contributed by atoms with van der Waals surface area (Å²) in [4.78, 5) is 0. The van der Waals surface area contributed by atoms with Crippen molar-refractivity contribution in [3.8, 4) is 0 Å². The SMILES string of the molecule is CC(F)(F)CCNC(C)(C)C. The van der Waals surface area contributed by atoms with Crippen LogP contribution >= 0.6 is 0 Å². The summed E-state index contributed by atoms with van der Waals surface area (Å²) in [6, 6.07) is 0. The molecule has 0 saturated heterocycles. The normalized spacial score (nSPS) is 13.6. The van der Waals surface area contributed by atoms with Gasteiger partial charge in [-0.2, -0.15) is 0 Å². The Morgan fingerprint density at radius 3 is 1.82 bits per heavy atom. The van der Waals surface area contributed by atoms with Gasteiger partial charge in [0.1, 0.15) is 0 Å². The molecule has 0 aliphatic heterocycles.